The molecule has 4 rings (SSSR count). The summed E-state index contributed by atoms with van der Waals surface area (Å²) in [5.74, 6) is -1.21. The summed E-state index contributed by atoms with van der Waals surface area (Å²) in [5.41, 5.74) is 7.78. The number of primary amides is 1. The van der Waals surface area contributed by atoms with E-state index in [4.69, 9.17) is 17.3 Å². The van der Waals surface area contributed by atoms with E-state index >= 15 is 0 Å². The zero-order valence-corrected chi connectivity index (χ0v) is 17.5. The lowest BCUT2D eigenvalue weighted by molar-refractivity contribution is 0.0999. The second kappa shape index (κ2) is 8.55. The summed E-state index contributed by atoms with van der Waals surface area (Å²) in [6, 6.07) is 13.4. The molecule has 0 spiro atoms. The molecule has 0 radical (unpaired) electrons. The smallest absolute Gasteiger partial charge is 0.257 e. The van der Waals surface area contributed by atoms with Crippen molar-refractivity contribution in [3.05, 3.63) is 86.5 Å². The van der Waals surface area contributed by atoms with E-state index in [1.807, 2.05) is 6.07 Å². The third-order valence-corrected chi connectivity index (χ3v) is 6.54. The van der Waals surface area contributed by atoms with E-state index in [-0.39, 0.29) is 5.82 Å². The van der Waals surface area contributed by atoms with Gasteiger partial charge in [0.25, 0.3) is 11.8 Å². The number of nitrogens with two attached hydrogens (primary N) is 1. The van der Waals surface area contributed by atoms with Crippen LogP contribution in [0.5, 0.6) is 0 Å². The molecular weight excluding hydrogens is 425 g/mol. The SMILES string of the molecule is NC(=O)c1c(NC(=O)c2ccccc2Cl)sc2c1CCN(Cc1ccccc1F)C2. The minimum absolute atomic E-state index is 0.236. The average molecular weight is 444 g/mol. The van der Waals surface area contributed by atoms with E-state index in [1.54, 1.807) is 36.4 Å². The second-order valence-electron chi connectivity index (χ2n) is 7.06. The van der Waals surface area contributed by atoms with Crippen LogP contribution in [0.3, 0.4) is 0 Å². The van der Waals surface area contributed by atoms with E-state index < -0.39 is 11.8 Å². The van der Waals surface area contributed by atoms with Crippen molar-refractivity contribution in [3.63, 3.8) is 0 Å². The van der Waals surface area contributed by atoms with Gasteiger partial charge in [-0.05, 0) is 30.2 Å². The molecular formula is C22H19ClFN3O2S. The van der Waals surface area contributed by atoms with Gasteiger partial charge in [-0.1, -0.05) is 41.9 Å². The molecule has 2 aromatic carbocycles. The highest BCUT2D eigenvalue weighted by Gasteiger charge is 2.28. The summed E-state index contributed by atoms with van der Waals surface area (Å²) < 4.78 is 14.0. The lowest BCUT2D eigenvalue weighted by Gasteiger charge is -2.27. The Hall–Kier alpha value is -2.74. The second-order valence-corrected chi connectivity index (χ2v) is 8.57. The van der Waals surface area contributed by atoms with Gasteiger partial charge in [-0.15, -0.1) is 11.3 Å². The first kappa shape index (κ1) is 20.5. The summed E-state index contributed by atoms with van der Waals surface area (Å²) >= 11 is 7.44. The largest absolute Gasteiger partial charge is 0.365 e. The molecule has 1 aromatic heterocycles. The third kappa shape index (κ3) is 4.09. The molecule has 3 N–H and O–H groups in total. The summed E-state index contributed by atoms with van der Waals surface area (Å²) in [7, 11) is 0. The molecule has 1 aliphatic heterocycles. The van der Waals surface area contributed by atoms with Gasteiger partial charge in [0, 0.05) is 30.1 Å². The molecule has 3 aromatic rings. The first-order valence-electron chi connectivity index (χ1n) is 9.40. The standard InChI is InChI=1S/C22H19ClFN3O2S/c23-16-7-3-2-6-14(16)21(29)26-22-19(20(25)28)15-9-10-27(12-18(15)30-22)11-13-5-1-4-8-17(13)24/h1-8H,9-12H2,(H2,25,28)(H,26,29). The van der Waals surface area contributed by atoms with Gasteiger partial charge in [-0.3, -0.25) is 14.5 Å². The van der Waals surface area contributed by atoms with Crippen molar-refractivity contribution in [1.29, 1.82) is 0 Å². The molecule has 0 saturated carbocycles. The number of hydrogen-bond donors (Lipinski definition) is 2. The maximum Gasteiger partial charge on any atom is 0.257 e. The van der Waals surface area contributed by atoms with Gasteiger partial charge in [0.2, 0.25) is 0 Å². The summed E-state index contributed by atoms with van der Waals surface area (Å²) in [4.78, 5) is 27.9. The Morgan fingerprint density at radius 1 is 1.17 bits per heavy atom. The highest BCUT2D eigenvalue weighted by Crippen LogP contribution is 2.37. The fraction of sp³-hybridized carbons (Fsp3) is 0.182. The molecule has 30 heavy (non-hydrogen) atoms. The fourth-order valence-electron chi connectivity index (χ4n) is 3.62. The number of rotatable bonds is 5. The van der Waals surface area contributed by atoms with Crippen LogP contribution < -0.4 is 11.1 Å². The first-order chi connectivity index (χ1) is 14.4. The Morgan fingerprint density at radius 3 is 2.63 bits per heavy atom. The topological polar surface area (TPSA) is 75.4 Å². The Bertz CT molecular complexity index is 1130. The van der Waals surface area contributed by atoms with Crippen LogP contribution in [0.25, 0.3) is 0 Å². The van der Waals surface area contributed by atoms with E-state index in [0.717, 1.165) is 10.4 Å². The van der Waals surface area contributed by atoms with Crippen LogP contribution in [0.4, 0.5) is 9.39 Å². The van der Waals surface area contributed by atoms with Gasteiger partial charge in [0.15, 0.2) is 0 Å². The van der Waals surface area contributed by atoms with Crippen LogP contribution in [-0.2, 0) is 19.5 Å². The third-order valence-electron chi connectivity index (χ3n) is 5.08. The van der Waals surface area contributed by atoms with Gasteiger partial charge in [0.1, 0.15) is 10.8 Å². The number of benzene rings is 2. The van der Waals surface area contributed by atoms with Gasteiger partial charge in [-0.2, -0.15) is 0 Å². The number of carbonyl (C=O) groups excluding carboxylic acids is 2. The Kier molecular flexibility index (Phi) is 5.85. The zero-order valence-electron chi connectivity index (χ0n) is 16.0. The number of halogens is 2. The van der Waals surface area contributed by atoms with Crippen LogP contribution in [-0.4, -0.2) is 23.3 Å². The minimum Gasteiger partial charge on any atom is -0.365 e. The van der Waals surface area contributed by atoms with Crippen molar-refractivity contribution in [2.75, 3.05) is 11.9 Å². The van der Waals surface area contributed by atoms with Crippen molar-refractivity contribution in [2.24, 2.45) is 5.73 Å². The van der Waals surface area contributed by atoms with Gasteiger partial charge >= 0.3 is 0 Å². The van der Waals surface area contributed by atoms with Gasteiger partial charge < -0.3 is 11.1 Å². The summed E-state index contributed by atoms with van der Waals surface area (Å²) in [6.45, 7) is 1.68. The zero-order chi connectivity index (χ0) is 21.3. The van der Waals surface area contributed by atoms with Crippen LogP contribution in [0, 0.1) is 5.82 Å². The maximum absolute atomic E-state index is 14.0. The average Bonchev–Trinajstić information content (AvgIpc) is 3.07. The van der Waals surface area contributed by atoms with E-state index in [0.29, 0.717) is 52.8 Å². The predicted octanol–water partition coefficient (Wildman–Crippen LogP) is 4.45. The molecule has 2 amide bonds. The van der Waals surface area contributed by atoms with E-state index in [2.05, 4.69) is 10.2 Å². The van der Waals surface area contributed by atoms with Crippen LogP contribution >= 0.6 is 22.9 Å². The lowest BCUT2D eigenvalue weighted by Crippen LogP contribution is -2.30. The van der Waals surface area contributed by atoms with Gasteiger partial charge in [-0.25, -0.2) is 4.39 Å². The Morgan fingerprint density at radius 2 is 1.90 bits per heavy atom. The number of thiophene rings is 1. The molecule has 154 valence electrons. The summed E-state index contributed by atoms with van der Waals surface area (Å²) in [5, 5.41) is 3.54. The van der Waals surface area contributed by atoms with Crippen LogP contribution in [0.2, 0.25) is 5.02 Å². The van der Waals surface area contributed by atoms with Crippen molar-refractivity contribution < 1.29 is 14.0 Å². The molecule has 0 unspecified atom stereocenters. The molecule has 1 aliphatic rings. The molecule has 8 heteroatoms. The number of carbonyl (C=O) groups is 2. The molecule has 0 fully saturated rings. The number of nitrogens with zero attached hydrogens (tertiary/aromatic N) is 1. The number of hydrogen-bond acceptors (Lipinski definition) is 4. The Labute approximate surface area is 182 Å². The number of amides is 2. The van der Waals surface area contributed by atoms with Gasteiger partial charge in [0.05, 0.1) is 16.1 Å². The molecule has 5 nitrogen and oxygen atoms in total. The Balaban J connectivity index is 1.58. The van der Waals surface area contributed by atoms with E-state index in [9.17, 15) is 14.0 Å². The molecule has 2 heterocycles. The molecule has 0 aliphatic carbocycles. The minimum atomic E-state index is -0.579. The predicted molar refractivity (Wildman–Crippen MR) is 116 cm³/mol. The van der Waals surface area contributed by atoms with Crippen molar-refractivity contribution in [1.82, 2.24) is 4.90 Å². The summed E-state index contributed by atoms with van der Waals surface area (Å²) in [6.07, 6.45) is 0.598. The molecule has 0 saturated heterocycles. The highest BCUT2D eigenvalue weighted by atomic mass is 35.5. The lowest BCUT2D eigenvalue weighted by atomic mass is 10.0. The monoisotopic (exact) mass is 443 g/mol. The normalized spacial score (nSPS) is 13.7. The number of fused-ring (bicyclic) bond motifs is 1. The molecule has 0 atom stereocenters. The maximum atomic E-state index is 14.0. The quantitative estimate of drug-likeness (QED) is 0.611. The van der Waals surface area contributed by atoms with Crippen LogP contribution in [0.1, 0.15) is 36.7 Å². The highest BCUT2D eigenvalue weighted by molar-refractivity contribution is 7.17. The van der Waals surface area contributed by atoms with Crippen molar-refractivity contribution in [2.45, 2.75) is 19.5 Å². The number of nitrogens with one attached hydrogen (secondary N) is 1. The van der Waals surface area contributed by atoms with Crippen molar-refractivity contribution in [3.8, 4) is 0 Å². The first-order valence-corrected chi connectivity index (χ1v) is 10.6. The van der Waals surface area contributed by atoms with E-state index in [1.165, 1.54) is 17.4 Å². The fourth-order valence-corrected chi connectivity index (χ4v) is 5.14. The van der Waals surface area contributed by atoms with Crippen molar-refractivity contribution >= 4 is 39.8 Å². The molecule has 0 bridgehead atoms. The van der Waals surface area contributed by atoms with Crippen LogP contribution in [0.15, 0.2) is 48.5 Å². The number of anilines is 1.